The van der Waals surface area contributed by atoms with Crippen molar-refractivity contribution < 1.29 is 18.5 Å². The second-order valence-electron chi connectivity index (χ2n) is 7.72. The van der Waals surface area contributed by atoms with Gasteiger partial charge in [0.05, 0.1) is 4.90 Å². The molecule has 2 aromatic rings. The highest BCUT2D eigenvalue weighted by Gasteiger charge is 2.31. The van der Waals surface area contributed by atoms with Crippen molar-refractivity contribution in [2.24, 2.45) is 5.92 Å². The Labute approximate surface area is 173 Å². The van der Waals surface area contributed by atoms with Crippen LogP contribution in [0.5, 0.6) is 0 Å². The van der Waals surface area contributed by atoms with Gasteiger partial charge in [0.15, 0.2) is 6.54 Å². The number of sulfonamides is 1. The molecule has 7 heteroatoms. The Bertz CT molecular complexity index is 893. The van der Waals surface area contributed by atoms with Gasteiger partial charge in [-0.25, -0.2) is 8.42 Å². The summed E-state index contributed by atoms with van der Waals surface area (Å²) in [5.74, 6) is 0.460. The van der Waals surface area contributed by atoms with Gasteiger partial charge >= 0.3 is 0 Å². The molecule has 0 aliphatic carbocycles. The molecule has 0 saturated carbocycles. The molecule has 2 N–H and O–H groups in total. The summed E-state index contributed by atoms with van der Waals surface area (Å²) in [4.78, 5) is 14.8. The first-order valence-electron chi connectivity index (χ1n) is 10.1. The van der Waals surface area contributed by atoms with Gasteiger partial charge in [-0.1, -0.05) is 62.4 Å². The zero-order valence-corrected chi connectivity index (χ0v) is 17.9. The third-order valence-electron chi connectivity index (χ3n) is 5.42. The van der Waals surface area contributed by atoms with Crippen LogP contribution in [-0.2, 0) is 14.8 Å². The van der Waals surface area contributed by atoms with Crippen molar-refractivity contribution in [1.82, 2.24) is 9.21 Å². The van der Waals surface area contributed by atoms with Gasteiger partial charge in [0.2, 0.25) is 10.0 Å². The fraction of sp³-hybridized carbons (Fsp3) is 0.409. The third kappa shape index (κ3) is 5.23. The van der Waals surface area contributed by atoms with Crippen molar-refractivity contribution in [3.63, 3.8) is 0 Å². The monoisotopic (exact) mass is 416 g/mol. The number of quaternary nitrogens is 1. The molecule has 29 heavy (non-hydrogen) atoms. The summed E-state index contributed by atoms with van der Waals surface area (Å²) in [7, 11) is -3.50. The molecule has 1 aliphatic heterocycles. The number of hydrogen-bond donors (Lipinski definition) is 1. The van der Waals surface area contributed by atoms with Gasteiger partial charge in [-0.3, -0.25) is 4.79 Å². The predicted molar refractivity (Wildman–Crippen MR) is 113 cm³/mol. The molecule has 1 atom stereocenters. The van der Waals surface area contributed by atoms with E-state index in [1.807, 2.05) is 18.2 Å². The number of hydrogen-bond acceptors (Lipinski definition) is 3. The molecular formula is C22H30N3O3S+. The average Bonchev–Trinajstić information content (AvgIpc) is 2.75. The van der Waals surface area contributed by atoms with Crippen LogP contribution in [0.25, 0.3) is 0 Å². The normalized spacial score (nSPS) is 16.7. The highest BCUT2D eigenvalue weighted by atomic mass is 32.2. The Morgan fingerprint density at radius 3 is 2.03 bits per heavy atom. The molecule has 1 amide bonds. The number of nitrogens with zero attached hydrogens (tertiary/aromatic N) is 2. The highest BCUT2D eigenvalue weighted by Crippen LogP contribution is 2.18. The maximum absolute atomic E-state index is 12.7. The lowest BCUT2D eigenvalue weighted by atomic mass is 9.96. The number of rotatable bonds is 7. The van der Waals surface area contributed by atoms with E-state index in [0.29, 0.717) is 43.5 Å². The molecule has 0 radical (unpaired) electrons. The van der Waals surface area contributed by atoms with Crippen molar-refractivity contribution in [2.75, 3.05) is 32.7 Å². The summed E-state index contributed by atoms with van der Waals surface area (Å²) >= 11 is 0. The van der Waals surface area contributed by atoms with Crippen molar-refractivity contribution in [3.05, 3.63) is 66.2 Å². The lowest BCUT2D eigenvalue weighted by Crippen LogP contribution is -2.88. The van der Waals surface area contributed by atoms with Crippen LogP contribution in [0, 0.1) is 5.92 Å². The molecule has 0 spiro atoms. The molecule has 3 rings (SSSR count). The second kappa shape index (κ2) is 9.52. The van der Waals surface area contributed by atoms with Crippen LogP contribution in [0.2, 0.25) is 0 Å². The van der Waals surface area contributed by atoms with Gasteiger partial charge in [0.25, 0.3) is 5.91 Å². The van der Waals surface area contributed by atoms with Crippen molar-refractivity contribution in [1.29, 1.82) is 0 Å². The maximum atomic E-state index is 12.7. The summed E-state index contributed by atoms with van der Waals surface area (Å²) < 4.78 is 26.9. The smallest absolute Gasteiger partial charge is 0.277 e. The molecule has 1 heterocycles. The minimum absolute atomic E-state index is 0.0586. The molecule has 2 aromatic carbocycles. The molecule has 156 valence electrons. The number of carbonyl (C=O) groups excluding carboxylic acids is 1. The fourth-order valence-corrected chi connectivity index (χ4v) is 5.19. The van der Waals surface area contributed by atoms with Crippen LogP contribution >= 0.6 is 0 Å². The van der Waals surface area contributed by atoms with Gasteiger partial charge in [-0.05, 0) is 12.1 Å². The van der Waals surface area contributed by atoms with E-state index in [0.717, 1.165) is 0 Å². The van der Waals surface area contributed by atoms with E-state index in [2.05, 4.69) is 31.3 Å². The SMILES string of the molecule is CC(C)[C@@H]([NH2+]CC(=O)N1CCN(S(=O)(=O)c2ccccc2)CC1)c1ccccc1. The first-order valence-corrected chi connectivity index (χ1v) is 11.5. The number of nitrogens with two attached hydrogens (primary N) is 1. The number of benzene rings is 2. The lowest BCUT2D eigenvalue weighted by molar-refractivity contribution is -0.692. The van der Waals surface area contributed by atoms with Crippen LogP contribution < -0.4 is 5.32 Å². The van der Waals surface area contributed by atoms with E-state index in [1.165, 1.54) is 9.87 Å². The molecular weight excluding hydrogens is 386 g/mol. The number of amides is 1. The van der Waals surface area contributed by atoms with Crippen molar-refractivity contribution in [3.8, 4) is 0 Å². The Hall–Kier alpha value is -2.22. The van der Waals surface area contributed by atoms with Crippen LogP contribution in [-0.4, -0.2) is 56.3 Å². The molecule has 1 fully saturated rings. The maximum Gasteiger partial charge on any atom is 0.277 e. The van der Waals surface area contributed by atoms with Crippen molar-refractivity contribution >= 4 is 15.9 Å². The van der Waals surface area contributed by atoms with Gasteiger partial charge in [0.1, 0.15) is 6.04 Å². The number of piperazine rings is 1. The number of carbonyl (C=O) groups is 1. The standard InChI is InChI=1S/C22H29N3O3S/c1-18(2)22(19-9-5-3-6-10-19)23-17-21(26)24-13-15-25(16-14-24)29(27,28)20-11-7-4-8-12-20/h3-12,18,22-23H,13-17H2,1-2H3/p+1/t22-/m1/s1. The minimum atomic E-state index is -3.50. The van der Waals surface area contributed by atoms with Crippen LogP contribution in [0.3, 0.4) is 0 Å². The largest absolute Gasteiger partial charge is 0.335 e. The van der Waals surface area contributed by atoms with E-state index in [1.54, 1.807) is 35.2 Å². The summed E-state index contributed by atoms with van der Waals surface area (Å²) in [6, 6.07) is 18.9. The van der Waals surface area contributed by atoms with E-state index >= 15 is 0 Å². The highest BCUT2D eigenvalue weighted by molar-refractivity contribution is 7.89. The fourth-order valence-electron chi connectivity index (χ4n) is 3.74. The van der Waals surface area contributed by atoms with Gasteiger partial charge in [-0.15, -0.1) is 0 Å². The quantitative estimate of drug-likeness (QED) is 0.743. The van der Waals surface area contributed by atoms with E-state index in [4.69, 9.17) is 0 Å². The molecule has 0 bridgehead atoms. The Kier molecular flexibility index (Phi) is 7.05. The molecule has 0 aromatic heterocycles. The van der Waals surface area contributed by atoms with Crippen LogP contribution in [0.15, 0.2) is 65.6 Å². The zero-order chi connectivity index (χ0) is 20.9. The van der Waals surface area contributed by atoms with E-state index in [9.17, 15) is 13.2 Å². The summed E-state index contributed by atoms with van der Waals surface area (Å²) in [5.41, 5.74) is 1.22. The van der Waals surface area contributed by atoms with Gasteiger partial charge in [-0.2, -0.15) is 4.31 Å². The Morgan fingerprint density at radius 2 is 1.48 bits per heavy atom. The molecule has 1 saturated heterocycles. The lowest BCUT2D eigenvalue weighted by Gasteiger charge is -2.34. The minimum Gasteiger partial charge on any atom is -0.335 e. The van der Waals surface area contributed by atoms with Crippen LogP contribution in [0.4, 0.5) is 0 Å². The average molecular weight is 417 g/mol. The first kappa shape index (κ1) is 21.5. The third-order valence-corrected chi connectivity index (χ3v) is 7.33. The van der Waals surface area contributed by atoms with Crippen LogP contribution in [0.1, 0.15) is 25.5 Å². The Morgan fingerprint density at radius 1 is 0.931 bits per heavy atom. The summed E-state index contributed by atoms with van der Waals surface area (Å²) in [6.07, 6.45) is 0. The van der Waals surface area contributed by atoms with E-state index in [-0.39, 0.29) is 11.9 Å². The Balaban J connectivity index is 1.55. The topological polar surface area (TPSA) is 74.3 Å². The summed E-state index contributed by atoms with van der Waals surface area (Å²) in [6.45, 7) is 6.19. The molecule has 6 nitrogen and oxygen atoms in total. The zero-order valence-electron chi connectivity index (χ0n) is 17.1. The summed E-state index contributed by atoms with van der Waals surface area (Å²) in [5, 5.41) is 2.09. The van der Waals surface area contributed by atoms with E-state index < -0.39 is 10.0 Å². The van der Waals surface area contributed by atoms with Gasteiger partial charge in [0, 0.05) is 37.7 Å². The van der Waals surface area contributed by atoms with Gasteiger partial charge < -0.3 is 10.2 Å². The second-order valence-corrected chi connectivity index (χ2v) is 9.66. The first-order chi connectivity index (χ1) is 13.9. The van der Waals surface area contributed by atoms with Crippen molar-refractivity contribution in [2.45, 2.75) is 24.8 Å². The molecule has 1 aliphatic rings. The predicted octanol–water partition coefficient (Wildman–Crippen LogP) is 1.48. The molecule has 0 unspecified atom stereocenters.